The maximum absolute atomic E-state index is 11.7. The summed E-state index contributed by atoms with van der Waals surface area (Å²) in [5.41, 5.74) is 5.57. The van der Waals surface area contributed by atoms with E-state index in [4.69, 9.17) is 9.57 Å². The number of ether oxygens (including phenoxy) is 1. The Balaban J connectivity index is 1.49. The Hall–Kier alpha value is -2.59. The minimum absolute atomic E-state index is 0.285. The number of hydrogen-bond donors (Lipinski definition) is 1. The van der Waals surface area contributed by atoms with Crippen LogP contribution in [0, 0.1) is 0 Å². The number of fused-ring (bicyclic) bond motifs is 1. The number of amides is 1. The molecule has 1 N–H and O–H groups in total. The third-order valence-corrected chi connectivity index (χ3v) is 3.40. The van der Waals surface area contributed by atoms with Gasteiger partial charge >= 0.3 is 0 Å². The van der Waals surface area contributed by atoms with Crippen LogP contribution in [-0.4, -0.2) is 12.5 Å². The van der Waals surface area contributed by atoms with Gasteiger partial charge in [0.25, 0.3) is 5.91 Å². The first-order valence-electron chi connectivity index (χ1n) is 7.21. The van der Waals surface area contributed by atoms with E-state index in [9.17, 15) is 4.79 Å². The van der Waals surface area contributed by atoms with Crippen LogP contribution in [0.2, 0.25) is 0 Å². The highest BCUT2D eigenvalue weighted by atomic mass is 16.6. The van der Waals surface area contributed by atoms with Crippen LogP contribution in [0.4, 0.5) is 0 Å². The molecule has 112 valence electrons. The predicted molar refractivity (Wildman–Crippen MR) is 84.0 cm³/mol. The van der Waals surface area contributed by atoms with Gasteiger partial charge in [-0.15, -0.1) is 0 Å². The van der Waals surface area contributed by atoms with E-state index in [2.05, 4.69) is 5.48 Å². The van der Waals surface area contributed by atoms with E-state index < -0.39 is 0 Å². The van der Waals surface area contributed by atoms with E-state index in [1.807, 2.05) is 48.5 Å². The maximum atomic E-state index is 11.7. The highest BCUT2D eigenvalue weighted by Gasteiger charge is 2.11. The molecular weight excluding hydrogens is 278 g/mol. The van der Waals surface area contributed by atoms with Gasteiger partial charge in [-0.1, -0.05) is 36.4 Å². The van der Waals surface area contributed by atoms with E-state index in [1.54, 1.807) is 6.08 Å². The van der Waals surface area contributed by atoms with Gasteiger partial charge in [0.2, 0.25) is 0 Å². The predicted octanol–water partition coefficient (Wildman–Crippen LogP) is 2.88. The third kappa shape index (κ3) is 3.74. The fraction of sp³-hybridized carbons (Fsp3) is 0.167. The fourth-order valence-electron chi connectivity index (χ4n) is 2.28. The Bertz CT molecular complexity index is 680. The zero-order valence-corrected chi connectivity index (χ0v) is 12.1. The van der Waals surface area contributed by atoms with Gasteiger partial charge in [-0.2, -0.15) is 0 Å². The summed E-state index contributed by atoms with van der Waals surface area (Å²) in [5, 5.41) is 0. The van der Waals surface area contributed by atoms with E-state index in [0.29, 0.717) is 6.61 Å². The van der Waals surface area contributed by atoms with Crippen LogP contribution in [0.5, 0.6) is 5.75 Å². The summed E-state index contributed by atoms with van der Waals surface area (Å²) in [7, 11) is 0. The summed E-state index contributed by atoms with van der Waals surface area (Å²) in [6.45, 7) is 1.08. The lowest BCUT2D eigenvalue weighted by Gasteiger charge is -2.03. The van der Waals surface area contributed by atoms with Crippen molar-refractivity contribution in [1.29, 1.82) is 0 Å². The number of carbonyl (C=O) groups is 1. The van der Waals surface area contributed by atoms with Crippen LogP contribution < -0.4 is 10.2 Å². The summed E-state index contributed by atoms with van der Waals surface area (Å²) in [4.78, 5) is 16.9. The largest absolute Gasteiger partial charge is 0.493 e. The number of carbonyl (C=O) groups excluding carboxylic acids is 1. The van der Waals surface area contributed by atoms with Gasteiger partial charge in [0.05, 0.1) is 13.2 Å². The van der Waals surface area contributed by atoms with Crippen molar-refractivity contribution in [2.24, 2.45) is 0 Å². The van der Waals surface area contributed by atoms with E-state index in [-0.39, 0.29) is 5.91 Å². The van der Waals surface area contributed by atoms with Gasteiger partial charge in [0.15, 0.2) is 0 Å². The third-order valence-electron chi connectivity index (χ3n) is 3.40. The molecule has 4 nitrogen and oxygen atoms in total. The maximum Gasteiger partial charge on any atom is 0.267 e. The smallest absolute Gasteiger partial charge is 0.267 e. The molecule has 0 radical (unpaired) electrons. The molecule has 4 heteroatoms. The molecule has 1 heterocycles. The Morgan fingerprint density at radius 1 is 1.23 bits per heavy atom. The van der Waals surface area contributed by atoms with Gasteiger partial charge in [0.1, 0.15) is 5.75 Å². The number of benzene rings is 2. The molecule has 2 aromatic rings. The lowest BCUT2D eigenvalue weighted by atomic mass is 10.1. The summed E-state index contributed by atoms with van der Waals surface area (Å²) < 4.78 is 5.45. The number of hydroxylamine groups is 1. The Kier molecular flexibility index (Phi) is 4.51. The van der Waals surface area contributed by atoms with Gasteiger partial charge < -0.3 is 4.74 Å². The molecule has 0 spiro atoms. The number of hydrogen-bond acceptors (Lipinski definition) is 3. The molecule has 0 bridgehead atoms. The van der Waals surface area contributed by atoms with Crippen molar-refractivity contribution in [1.82, 2.24) is 5.48 Å². The molecule has 0 unspecified atom stereocenters. The molecule has 3 rings (SSSR count). The molecular formula is C18H17NO3. The van der Waals surface area contributed by atoms with Crippen molar-refractivity contribution in [3.05, 3.63) is 71.3 Å². The van der Waals surface area contributed by atoms with Crippen LogP contribution in [-0.2, 0) is 22.7 Å². The molecule has 0 aliphatic carbocycles. The topological polar surface area (TPSA) is 47.6 Å². The quantitative estimate of drug-likeness (QED) is 0.681. The first-order valence-corrected chi connectivity index (χ1v) is 7.21. The summed E-state index contributed by atoms with van der Waals surface area (Å²) in [5.74, 6) is 0.653. The lowest BCUT2D eigenvalue weighted by Crippen LogP contribution is -2.21. The number of nitrogens with one attached hydrogen (secondary N) is 1. The van der Waals surface area contributed by atoms with E-state index in [0.717, 1.165) is 29.9 Å². The van der Waals surface area contributed by atoms with E-state index >= 15 is 0 Å². The van der Waals surface area contributed by atoms with Crippen molar-refractivity contribution in [2.45, 2.75) is 13.0 Å². The average molecular weight is 295 g/mol. The Morgan fingerprint density at radius 2 is 2.09 bits per heavy atom. The van der Waals surface area contributed by atoms with Gasteiger partial charge in [-0.25, -0.2) is 5.48 Å². The summed E-state index contributed by atoms with van der Waals surface area (Å²) in [6.07, 6.45) is 4.14. The van der Waals surface area contributed by atoms with Crippen molar-refractivity contribution < 1.29 is 14.4 Å². The van der Waals surface area contributed by atoms with E-state index in [1.165, 1.54) is 11.6 Å². The highest BCUT2D eigenvalue weighted by Crippen LogP contribution is 2.26. The fourth-order valence-corrected chi connectivity index (χ4v) is 2.28. The Labute approximate surface area is 129 Å². The van der Waals surface area contributed by atoms with Crippen LogP contribution in [0.1, 0.15) is 16.7 Å². The molecule has 1 amide bonds. The minimum atomic E-state index is -0.285. The first kappa shape index (κ1) is 14.4. The second-order valence-electron chi connectivity index (χ2n) is 5.04. The second-order valence-corrected chi connectivity index (χ2v) is 5.04. The second kappa shape index (κ2) is 6.91. The molecule has 0 saturated heterocycles. The van der Waals surface area contributed by atoms with Crippen molar-refractivity contribution in [3.63, 3.8) is 0 Å². The zero-order chi connectivity index (χ0) is 15.2. The number of rotatable bonds is 5. The molecule has 1 aliphatic heterocycles. The van der Waals surface area contributed by atoms with Gasteiger partial charge in [-0.3, -0.25) is 9.63 Å². The summed E-state index contributed by atoms with van der Waals surface area (Å²) >= 11 is 0. The van der Waals surface area contributed by atoms with Crippen LogP contribution >= 0.6 is 0 Å². The highest BCUT2D eigenvalue weighted by molar-refractivity contribution is 5.91. The van der Waals surface area contributed by atoms with Crippen LogP contribution in [0.25, 0.3) is 6.08 Å². The summed E-state index contributed by atoms with van der Waals surface area (Å²) in [6, 6.07) is 15.6. The molecule has 0 atom stereocenters. The van der Waals surface area contributed by atoms with Gasteiger partial charge in [0, 0.05) is 12.5 Å². The molecule has 2 aromatic carbocycles. The molecule has 0 saturated carbocycles. The lowest BCUT2D eigenvalue weighted by molar-refractivity contribution is -0.129. The average Bonchev–Trinajstić information content (AvgIpc) is 3.01. The first-order chi connectivity index (χ1) is 10.8. The van der Waals surface area contributed by atoms with Crippen molar-refractivity contribution in [3.8, 4) is 5.75 Å². The molecule has 0 aromatic heterocycles. The monoisotopic (exact) mass is 295 g/mol. The SMILES string of the molecule is O=C(/C=C/c1ccc2c(c1)CCO2)NOCc1ccccc1. The normalized spacial score (nSPS) is 12.9. The van der Waals surface area contributed by atoms with Crippen molar-refractivity contribution >= 4 is 12.0 Å². The molecule has 0 fully saturated rings. The molecule has 1 aliphatic rings. The molecule has 22 heavy (non-hydrogen) atoms. The minimum Gasteiger partial charge on any atom is -0.493 e. The van der Waals surface area contributed by atoms with Gasteiger partial charge in [-0.05, 0) is 34.9 Å². The van der Waals surface area contributed by atoms with Crippen LogP contribution in [0.3, 0.4) is 0 Å². The zero-order valence-electron chi connectivity index (χ0n) is 12.1. The standard InChI is InChI=1S/C18H17NO3/c20-18(19-22-13-15-4-2-1-3-5-15)9-7-14-6-8-17-16(12-14)10-11-21-17/h1-9,12H,10-11,13H2,(H,19,20)/b9-7+. The van der Waals surface area contributed by atoms with Crippen LogP contribution in [0.15, 0.2) is 54.6 Å². The Morgan fingerprint density at radius 3 is 2.95 bits per heavy atom. The van der Waals surface area contributed by atoms with Crippen molar-refractivity contribution in [2.75, 3.05) is 6.61 Å².